The third kappa shape index (κ3) is 5.22. The number of nitrogens with zero attached hydrogens (tertiary/aromatic N) is 1. The Morgan fingerprint density at radius 2 is 1.81 bits per heavy atom. The monoisotopic (exact) mass is 396 g/mol. The average molecular weight is 396 g/mol. The molecule has 1 saturated carbocycles. The number of carboxylic acid groups (broad SMARTS) is 1. The van der Waals surface area contributed by atoms with Gasteiger partial charge in [0.1, 0.15) is 11.4 Å². The number of anilines is 1. The zero-order valence-corrected chi connectivity index (χ0v) is 16.4. The molecule has 0 bridgehead atoms. The first-order valence-electron chi connectivity index (χ1n) is 8.94. The van der Waals surface area contributed by atoms with Crippen molar-refractivity contribution in [2.75, 3.05) is 18.1 Å². The third-order valence-electron chi connectivity index (χ3n) is 4.99. The van der Waals surface area contributed by atoms with Gasteiger partial charge in [-0.25, -0.2) is 9.18 Å². The second-order valence-corrected chi connectivity index (χ2v) is 8.13. The molecular formula is C19H25FN2O4S. The van der Waals surface area contributed by atoms with E-state index in [1.54, 1.807) is 6.92 Å². The molecule has 1 fully saturated rings. The summed E-state index contributed by atoms with van der Waals surface area (Å²) < 4.78 is 12.9. The summed E-state index contributed by atoms with van der Waals surface area (Å²) in [6.45, 7) is 1.67. The molecule has 2 amide bonds. The van der Waals surface area contributed by atoms with Gasteiger partial charge >= 0.3 is 5.97 Å². The lowest BCUT2D eigenvalue weighted by atomic mass is 9.80. The van der Waals surface area contributed by atoms with E-state index in [1.165, 1.54) is 36.2 Å². The Kier molecular flexibility index (Phi) is 7.24. The van der Waals surface area contributed by atoms with Gasteiger partial charge in [0, 0.05) is 12.7 Å². The lowest BCUT2D eigenvalue weighted by molar-refractivity contribution is -0.160. The first-order valence-corrected chi connectivity index (χ1v) is 9.99. The lowest BCUT2D eigenvalue weighted by Crippen LogP contribution is -2.57. The smallest absolute Gasteiger partial charge is 0.329 e. The molecule has 1 aliphatic carbocycles. The molecule has 8 heteroatoms. The van der Waals surface area contributed by atoms with E-state index in [1.807, 2.05) is 0 Å². The van der Waals surface area contributed by atoms with Crippen LogP contribution in [0, 0.1) is 5.82 Å². The summed E-state index contributed by atoms with van der Waals surface area (Å²) in [5.74, 6) is -1.92. The predicted octanol–water partition coefficient (Wildman–Crippen LogP) is 3.13. The minimum absolute atomic E-state index is 0.0399. The van der Waals surface area contributed by atoms with Gasteiger partial charge in [-0.05, 0) is 44.0 Å². The molecule has 1 aromatic carbocycles. The summed E-state index contributed by atoms with van der Waals surface area (Å²) in [5, 5.41) is 11.8. The Labute approximate surface area is 162 Å². The van der Waals surface area contributed by atoms with E-state index in [2.05, 4.69) is 5.32 Å². The fourth-order valence-electron chi connectivity index (χ4n) is 3.32. The van der Waals surface area contributed by atoms with Crippen molar-refractivity contribution >= 4 is 35.2 Å². The fraction of sp³-hybridized carbons (Fsp3) is 0.526. The Morgan fingerprint density at radius 1 is 1.22 bits per heavy atom. The molecule has 1 unspecified atom stereocenters. The van der Waals surface area contributed by atoms with Gasteiger partial charge in [0.15, 0.2) is 0 Å². The van der Waals surface area contributed by atoms with Crippen molar-refractivity contribution in [2.24, 2.45) is 0 Å². The Morgan fingerprint density at radius 3 is 2.37 bits per heavy atom. The van der Waals surface area contributed by atoms with Crippen LogP contribution in [0.1, 0.15) is 39.0 Å². The Bertz CT molecular complexity index is 689. The van der Waals surface area contributed by atoms with Crippen LogP contribution in [0.4, 0.5) is 10.1 Å². The second-order valence-electron chi connectivity index (χ2n) is 6.80. The molecule has 0 aromatic heterocycles. The highest BCUT2D eigenvalue weighted by Gasteiger charge is 2.46. The minimum atomic E-state index is -1.15. The van der Waals surface area contributed by atoms with Crippen molar-refractivity contribution in [3.05, 3.63) is 30.1 Å². The van der Waals surface area contributed by atoms with Crippen LogP contribution in [-0.4, -0.2) is 51.4 Å². The lowest BCUT2D eigenvalue weighted by Gasteiger charge is -2.41. The molecule has 0 radical (unpaired) electrons. The molecule has 148 valence electrons. The number of hydrogen-bond acceptors (Lipinski definition) is 4. The molecular weight excluding hydrogens is 371 g/mol. The number of hydrogen-bond donors (Lipinski definition) is 2. The predicted molar refractivity (Wildman–Crippen MR) is 103 cm³/mol. The maximum absolute atomic E-state index is 12.9. The summed E-state index contributed by atoms with van der Waals surface area (Å²) >= 11 is 1.15. The summed E-state index contributed by atoms with van der Waals surface area (Å²) in [5.41, 5.74) is -0.675. The first-order chi connectivity index (χ1) is 12.8. The summed E-state index contributed by atoms with van der Waals surface area (Å²) in [7, 11) is 1.54. The summed E-state index contributed by atoms with van der Waals surface area (Å²) in [6.07, 6.45) is 3.45. The topological polar surface area (TPSA) is 86.7 Å². The van der Waals surface area contributed by atoms with Gasteiger partial charge in [-0.1, -0.05) is 19.3 Å². The number of halogens is 1. The minimum Gasteiger partial charge on any atom is -0.479 e. The number of likely N-dealkylation sites (N-methyl/N-ethyl adjacent to an activating group) is 1. The summed E-state index contributed by atoms with van der Waals surface area (Å²) in [6, 6.07) is 5.42. The molecule has 1 aliphatic rings. The highest BCUT2D eigenvalue weighted by atomic mass is 32.2. The highest BCUT2D eigenvalue weighted by Crippen LogP contribution is 2.34. The molecule has 1 aromatic rings. The zero-order valence-electron chi connectivity index (χ0n) is 15.5. The number of benzene rings is 1. The SMILES string of the molecule is CC(SCC(=O)Nc1ccc(F)cc1)C(=O)N(C)C1(C(=O)O)CCCCC1. The standard InChI is InChI=1S/C19H25FN2O4S/c1-13(27-12-16(23)21-15-8-6-14(20)7-9-15)17(24)22(2)19(18(25)26)10-4-3-5-11-19/h6-9,13H,3-5,10-12H2,1-2H3,(H,21,23)(H,25,26). The number of rotatable bonds is 7. The van der Waals surface area contributed by atoms with E-state index in [0.29, 0.717) is 18.5 Å². The largest absolute Gasteiger partial charge is 0.479 e. The van der Waals surface area contributed by atoms with Crippen LogP contribution in [0.15, 0.2) is 24.3 Å². The number of carbonyl (C=O) groups excluding carboxylic acids is 2. The number of carboxylic acids is 1. The normalized spacial score (nSPS) is 17.0. The number of carbonyl (C=O) groups is 3. The highest BCUT2D eigenvalue weighted by molar-refractivity contribution is 8.01. The maximum Gasteiger partial charge on any atom is 0.329 e. The Hall–Kier alpha value is -2.09. The Balaban J connectivity index is 1.91. The molecule has 0 aliphatic heterocycles. The van der Waals surface area contributed by atoms with Crippen molar-refractivity contribution in [1.82, 2.24) is 4.90 Å². The molecule has 0 spiro atoms. The van der Waals surface area contributed by atoms with Gasteiger partial charge < -0.3 is 15.3 Å². The van der Waals surface area contributed by atoms with Gasteiger partial charge in [0.05, 0.1) is 11.0 Å². The van der Waals surface area contributed by atoms with Crippen LogP contribution >= 0.6 is 11.8 Å². The number of aliphatic carboxylic acids is 1. The first kappa shape index (κ1) is 21.2. The number of thioether (sulfide) groups is 1. The molecule has 1 atom stereocenters. The van der Waals surface area contributed by atoms with Crippen molar-refractivity contribution in [3.8, 4) is 0 Å². The van der Waals surface area contributed by atoms with Crippen molar-refractivity contribution in [3.63, 3.8) is 0 Å². The van der Waals surface area contributed by atoms with Gasteiger partial charge in [-0.15, -0.1) is 11.8 Å². The fourth-order valence-corrected chi connectivity index (χ4v) is 4.09. The van der Waals surface area contributed by atoms with Gasteiger partial charge in [0.2, 0.25) is 11.8 Å². The molecule has 27 heavy (non-hydrogen) atoms. The van der Waals surface area contributed by atoms with E-state index >= 15 is 0 Å². The van der Waals surface area contributed by atoms with Crippen LogP contribution in [0.3, 0.4) is 0 Å². The van der Waals surface area contributed by atoms with Crippen LogP contribution in [0.2, 0.25) is 0 Å². The van der Waals surface area contributed by atoms with Crippen LogP contribution in [-0.2, 0) is 14.4 Å². The molecule has 0 heterocycles. The molecule has 6 nitrogen and oxygen atoms in total. The van der Waals surface area contributed by atoms with Gasteiger partial charge in [-0.3, -0.25) is 9.59 Å². The van der Waals surface area contributed by atoms with Crippen molar-refractivity contribution in [1.29, 1.82) is 0 Å². The van der Waals surface area contributed by atoms with Crippen LogP contribution < -0.4 is 5.32 Å². The summed E-state index contributed by atoms with van der Waals surface area (Å²) in [4.78, 5) is 37.9. The molecule has 2 rings (SSSR count). The average Bonchev–Trinajstić information content (AvgIpc) is 2.67. The van der Waals surface area contributed by atoms with Crippen LogP contribution in [0.25, 0.3) is 0 Å². The van der Waals surface area contributed by atoms with E-state index in [4.69, 9.17) is 0 Å². The van der Waals surface area contributed by atoms with E-state index < -0.39 is 16.8 Å². The van der Waals surface area contributed by atoms with E-state index in [9.17, 15) is 23.9 Å². The quantitative estimate of drug-likeness (QED) is 0.739. The third-order valence-corrected chi connectivity index (χ3v) is 6.12. The maximum atomic E-state index is 12.9. The van der Waals surface area contributed by atoms with Crippen LogP contribution in [0.5, 0.6) is 0 Å². The molecule has 0 saturated heterocycles. The molecule has 2 N–H and O–H groups in total. The number of nitrogens with one attached hydrogen (secondary N) is 1. The van der Waals surface area contributed by atoms with Crippen molar-refractivity contribution in [2.45, 2.75) is 49.8 Å². The second kappa shape index (κ2) is 9.21. The van der Waals surface area contributed by atoms with Gasteiger partial charge in [-0.2, -0.15) is 0 Å². The zero-order chi connectivity index (χ0) is 20.0. The van der Waals surface area contributed by atoms with Crippen molar-refractivity contribution < 1.29 is 23.9 Å². The number of amides is 2. The van der Waals surface area contributed by atoms with E-state index in [0.717, 1.165) is 31.0 Å². The van der Waals surface area contributed by atoms with E-state index in [-0.39, 0.29) is 23.4 Å². The van der Waals surface area contributed by atoms with Gasteiger partial charge in [0.25, 0.3) is 0 Å².